The highest BCUT2D eigenvalue weighted by Gasteiger charge is 2.04. The second-order valence-electron chi connectivity index (χ2n) is 4.18. The highest BCUT2D eigenvalue weighted by molar-refractivity contribution is 6.35. The second kappa shape index (κ2) is 7.02. The molecule has 0 atom stereocenters. The van der Waals surface area contributed by atoms with Gasteiger partial charge in [-0.15, -0.1) is 0 Å². The topological polar surface area (TPSA) is 112 Å². The summed E-state index contributed by atoms with van der Waals surface area (Å²) in [5, 5.41) is 0.962. The number of halogens is 2. The maximum Gasteiger partial charge on any atom is 0.223 e. The molecule has 0 aromatic heterocycles. The number of aliphatic imine (C=N–C) groups is 2. The van der Waals surface area contributed by atoms with Crippen LogP contribution in [0.4, 0.5) is 5.69 Å². The Bertz CT molecular complexity index is 725. The third kappa shape index (κ3) is 4.54. The molecule has 2 rings (SSSR count). The standard InChI is InChI=1S/C14H13Cl2N5O/c15-8-1-6-12(11(16)7-8)22-10-4-2-9(3-5-10)20-14(19)21-13(17)18/h1-7H,(H6,17,18,19,20,21). The molecule has 6 nitrogen and oxygen atoms in total. The average molecular weight is 338 g/mol. The first kappa shape index (κ1) is 15.9. The van der Waals surface area contributed by atoms with Crippen molar-refractivity contribution < 1.29 is 4.74 Å². The van der Waals surface area contributed by atoms with Crippen LogP contribution in [0.2, 0.25) is 10.0 Å². The van der Waals surface area contributed by atoms with Gasteiger partial charge in [0.2, 0.25) is 5.96 Å². The smallest absolute Gasteiger partial charge is 0.223 e. The van der Waals surface area contributed by atoms with Crippen LogP contribution in [0.25, 0.3) is 0 Å². The molecule has 0 bridgehead atoms. The quantitative estimate of drug-likeness (QED) is 0.590. The van der Waals surface area contributed by atoms with Gasteiger partial charge < -0.3 is 21.9 Å². The van der Waals surface area contributed by atoms with E-state index in [0.29, 0.717) is 27.2 Å². The van der Waals surface area contributed by atoms with Gasteiger partial charge in [0.1, 0.15) is 11.5 Å². The molecule has 0 unspecified atom stereocenters. The zero-order valence-electron chi connectivity index (χ0n) is 11.3. The fourth-order valence-electron chi connectivity index (χ4n) is 1.56. The van der Waals surface area contributed by atoms with Gasteiger partial charge in [-0.05, 0) is 42.5 Å². The van der Waals surface area contributed by atoms with Crippen LogP contribution >= 0.6 is 23.2 Å². The fourth-order valence-corrected chi connectivity index (χ4v) is 2.01. The van der Waals surface area contributed by atoms with Gasteiger partial charge in [-0.25, -0.2) is 4.99 Å². The number of rotatable bonds is 3. The third-order valence-corrected chi connectivity index (χ3v) is 2.98. The minimum Gasteiger partial charge on any atom is -0.456 e. The molecule has 8 heteroatoms. The molecule has 0 aliphatic heterocycles. The molecular formula is C14H13Cl2N5O. The lowest BCUT2D eigenvalue weighted by atomic mass is 10.3. The van der Waals surface area contributed by atoms with Gasteiger partial charge in [-0.2, -0.15) is 4.99 Å². The number of nitrogens with zero attached hydrogens (tertiary/aromatic N) is 2. The molecule has 2 aromatic carbocycles. The maximum absolute atomic E-state index is 6.04. The van der Waals surface area contributed by atoms with Gasteiger partial charge >= 0.3 is 0 Å². The Morgan fingerprint density at radius 2 is 1.64 bits per heavy atom. The third-order valence-electron chi connectivity index (χ3n) is 2.45. The van der Waals surface area contributed by atoms with E-state index < -0.39 is 0 Å². The molecule has 0 spiro atoms. The van der Waals surface area contributed by atoms with Crippen molar-refractivity contribution >= 4 is 40.8 Å². The normalized spacial score (nSPS) is 11.1. The Hall–Kier alpha value is -2.44. The van der Waals surface area contributed by atoms with Crippen molar-refractivity contribution in [1.29, 1.82) is 0 Å². The van der Waals surface area contributed by atoms with E-state index >= 15 is 0 Å². The molecule has 114 valence electrons. The van der Waals surface area contributed by atoms with Crippen molar-refractivity contribution in [3.63, 3.8) is 0 Å². The minimum atomic E-state index is -0.154. The second-order valence-corrected chi connectivity index (χ2v) is 5.02. The van der Waals surface area contributed by atoms with Crippen molar-refractivity contribution in [2.24, 2.45) is 27.2 Å². The first-order valence-corrected chi connectivity index (χ1v) is 6.86. The van der Waals surface area contributed by atoms with E-state index in [1.54, 1.807) is 42.5 Å². The summed E-state index contributed by atoms with van der Waals surface area (Å²) in [5.41, 5.74) is 16.5. The first-order chi connectivity index (χ1) is 10.4. The monoisotopic (exact) mass is 337 g/mol. The van der Waals surface area contributed by atoms with Crippen LogP contribution in [0.3, 0.4) is 0 Å². The average Bonchev–Trinajstić information content (AvgIpc) is 2.43. The fraction of sp³-hybridized carbons (Fsp3) is 0. The molecule has 2 aromatic rings. The van der Waals surface area contributed by atoms with Gasteiger partial charge in [-0.3, -0.25) is 0 Å². The Balaban J connectivity index is 2.14. The molecule has 0 saturated heterocycles. The lowest BCUT2D eigenvalue weighted by Gasteiger charge is -2.07. The Morgan fingerprint density at radius 3 is 2.23 bits per heavy atom. The zero-order chi connectivity index (χ0) is 16.1. The Labute approximate surface area is 137 Å². The van der Waals surface area contributed by atoms with E-state index in [0.717, 1.165) is 0 Å². The minimum absolute atomic E-state index is 0.0329. The maximum atomic E-state index is 6.04. The van der Waals surface area contributed by atoms with Gasteiger partial charge in [0.25, 0.3) is 0 Å². The van der Waals surface area contributed by atoms with Crippen molar-refractivity contribution in [2.45, 2.75) is 0 Å². The highest BCUT2D eigenvalue weighted by Crippen LogP contribution is 2.32. The van der Waals surface area contributed by atoms with E-state index in [9.17, 15) is 0 Å². The molecule has 0 aliphatic rings. The SMILES string of the molecule is NC(N)=NC(N)=Nc1ccc(Oc2ccc(Cl)cc2Cl)cc1. The molecule has 0 radical (unpaired) electrons. The lowest BCUT2D eigenvalue weighted by molar-refractivity contribution is 0.483. The molecule has 22 heavy (non-hydrogen) atoms. The van der Waals surface area contributed by atoms with Crippen LogP contribution in [0.1, 0.15) is 0 Å². The van der Waals surface area contributed by atoms with E-state index in [2.05, 4.69) is 9.98 Å². The van der Waals surface area contributed by atoms with Crippen molar-refractivity contribution in [3.05, 3.63) is 52.5 Å². The van der Waals surface area contributed by atoms with E-state index in [-0.39, 0.29) is 11.9 Å². The molecule has 0 saturated carbocycles. The number of ether oxygens (including phenoxy) is 1. The summed E-state index contributed by atoms with van der Waals surface area (Å²) in [7, 11) is 0. The number of benzene rings is 2. The summed E-state index contributed by atoms with van der Waals surface area (Å²) < 4.78 is 5.65. The first-order valence-electron chi connectivity index (χ1n) is 6.11. The summed E-state index contributed by atoms with van der Waals surface area (Å²) in [6, 6.07) is 11.8. The Kier molecular flexibility index (Phi) is 5.08. The summed E-state index contributed by atoms with van der Waals surface area (Å²) in [5.74, 6) is 0.902. The van der Waals surface area contributed by atoms with Crippen LogP contribution in [-0.2, 0) is 0 Å². The van der Waals surface area contributed by atoms with Crippen LogP contribution in [0, 0.1) is 0 Å². The molecular weight excluding hydrogens is 325 g/mol. The van der Waals surface area contributed by atoms with Crippen LogP contribution in [0.5, 0.6) is 11.5 Å². The Morgan fingerprint density at radius 1 is 0.955 bits per heavy atom. The predicted molar refractivity (Wildman–Crippen MR) is 90.1 cm³/mol. The van der Waals surface area contributed by atoms with Gasteiger partial charge in [0.15, 0.2) is 5.96 Å². The summed E-state index contributed by atoms with van der Waals surface area (Å²) in [6.07, 6.45) is 0. The van der Waals surface area contributed by atoms with Gasteiger partial charge in [-0.1, -0.05) is 23.2 Å². The summed E-state index contributed by atoms with van der Waals surface area (Å²) in [4.78, 5) is 7.65. The van der Waals surface area contributed by atoms with Crippen molar-refractivity contribution in [2.75, 3.05) is 0 Å². The largest absolute Gasteiger partial charge is 0.456 e. The number of hydrogen-bond acceptors (Lipinski definition) is 2. The van der Waals surface area contributed by atoms with E-state index in [1.807, 2.05) is 0 Å². The number of guanidine groups is 2. The molecule has 0 amide bonds. The predicted octanol–water partition coefficient (Wildman–Crippen LogP) is 3.01. The van der Waals surface area contributed by atoms with E-state index in [4.69, 9.17) is 45.1 Å². The van der Waals surface area contributed by atoms with Crippen LogP contribution < -0.4 is 21.9 Å². The van der Waals surface area contributed by atoms with Crippen LogP contribution in [-0.4, -0.2) is 11.9 Å². The molecule has 0 heterocycles. The molecule has 0 fully saturated rings. The number of hydrogen-bond donors (Lipinski definition) is 3. The summed E-state index contributed by atoms with van der Waals surface area (Å²) in [6.45, 7) is 0. The van der Waals surface area contributed by atoms with Gasteiger partial charge in [0, 0.05) is 5.02 Å². The zero-order valence-corrected chi connectivity index (χ0v) is 12.8. The van der Waals surface area contributed by atoms with Gasteiger partial charge in [0.05, 0.1) is 10.7 Å². The van der Waals surface area contributed by atoms with Crippen molar-refractivity contribution in [1.82, 2.24) is 0 Å². The summed E-state index contributed by atoms with van der Waals surface area (Å²) >= 11 is 11.9. The molecule has 0 aliphatic carbocycles. The highest BCUT2D eigenvalue weighted by atomic mass is 35.5. The number of nitrogens with two attached hydrogens (primary N) is 3. The lowest BCUT2D eigenvalue weighted by Crippen LogP contribution is -2.26. The van der Waals surface area contributed by atoms with Crippen molar-refractivity contribution in [3.8, 4) is 11.5 Å². The van der Waals surface area contributed by atoms with Crippen LogP contribution in [0.15, 0.2) is 52.4 Å². The van der Waals surface area contributed by atoms with E-state index in [1.165, 1.54) is 0 Å². The molecule has 6 N–H and O–H groups in total.